The van der Waals surface area contributed by atoms with Crippen LogP contribution in [0.1, 0.15) is 0 Å². The van der Waals surface area contributed by atoms with Crippen molar-refractivity contribution < 1.29 is 17.0 Å². The average Bonchev–Trinajstić information content (AvgIpc) is 2.07. The molecule has 0 bridgehead atoms. The monoisotopic (exact) mass is 302 g/mol. The predicted octanol–water partition coefficient (Wildman–Crippen LogP) is 2.77. The Morgan fingerprint density at radius 3 is 2.50 bits per heavy atom. The molecule has 78 valence electrons. The van der Waals surface area contributed by atoms with E-state index < -0.39 is 15.1 Å². The van der Waals surface area contributed by atoms with E-state index in [1.54, 1.807) is 0 Å². The van der Waals surface area contributed by atoms with Gasteiger partial charge in [0, 0.05) is 4.47 Å². The van der Waals surface area contributed by atoms with E-state index in [-0.39, 0.29) is 10.8 Å². The van der Waals surface area contributed by atoms with Crippen LogP contribution in [0, 0.1) is 0 Å². The van der Waals surface area contributed by atoms with Gasteiger partial charge in [-0.15, -0.1) is 3.89 Å². The Labute approximate surface area is 94.2 Å². The minimum absolute atomic E-state index is 0.0937. The van der Waals surface area contributed by atoms with Crippen LogP contribution in [0.5, 0.6) is 5.75 Å². The van der Waals surface area contributed by atoms with Gasteiger partial charge in [-0.05, 0) is 28.1 Å². The number of methoxy groups -OCH3 is 1. The van der Waals surface area contributed by atoms with Crippen LogP contribution in [-0.4, -0.2) is 15.5 Å². The highest BCUT2D eigenvalue weighted by Crippen LogP contribution is 2.34. The van der Waals surface area contributed by atoms with Crippen LogP contribution in [-0.2, 0) is 10.2 Å². The number of benzene rings is 1. The van der Waals surface area contributed by atoms with Crippen molar-refractivity contribution >= 4 is 37.8 Å². The molecule has 0 fully saturated rings. The Hall–Kier alpha value is -0.330. The molecule has 0 aliphatic rings. The van der Waals surface area contributed by atoms with Crippen molar-refractivity contribution in [1.82, 2.24) is 0 Å². The molecule has 0 saturated carbocycles. The smallest absolute Gasteiger partial charge is 0.335 e. The number of halogens is 3. The summed E-state index contributed by atoms with van der Waals surface area (Å²) in [5.41, 5.74) is 0. The predicted molar refractivity (Wildman–Crippen MR) is 54.0 cm³/mol. The minimum Gasteiger partial charge on any atom is -0.495 e. The van der Waals surface area contributed by atoms with Gasteiger partial charge in [0.05, 0.1) is 12.1 Å². The van der Waals surface area contributed by atoms with Gasteiger partial charge >= 0.3 is 10.2 Å². The number of rotatable bonds is 2. The van der Waals surface area contributed by atoms with Crippen molar-refractivity contribution in [2.75, 3.05) is 7.11 Å². The summed E-state index contributed by atoms with van der Waals surface area (Å²) in [6.07, 6.45) is 0. The standard InChI is InChI=1S/C7H5BrClFO3S/c1-13-6-2-4(8)5(9)3-7(6)14(10,11)12/h2-3H,1H3. The molecule has 0 atom stereocenters. The summed E-state index contributed by atoms with van der Waals surface area (Å²) >= 11 is 8.67. The average molecular weight is 304 g/mol. The molecule has 0 spiro atoms. The van der Waals surface area contributed by atoms with Gasteiger partial charge in [0.1, 0.15) is 10.6 Å². The normalized spacial score (nSPS) is 11.4. The topological polar surface area (TPSA) is 43.4 Å². The lowest BCUT2D eigenvalue weighted by molar-refractivity contribution is 0.401. The molecule has 1 aromatic rings. The van der Waals surface area contributed by atoms with Gasteiger partial charge in [-0.25, -0.2) is 0 Å². The highest BCUT2D eigenvalue weighted by atomic mass is 79.9. The molecule has 0 unspecified atom stereocenters. The molecule has 3 nitrogen and oxygen atoms in total. The summed E-state index contributed by atoms with van der Waals surface area (Å²) in [5, 5.41) is 0.0991. The highest BCUT2D eigenvalue weighted by molar-refractivity contribution is 9.10. The molecule has 1 rings (SSSR count). The lowest BCUT2D eigenvalue weighted by Gasteiger charge is -2.06. The first-order chi connectivity index (χ1) is 6.36. The Morgan fingerprint density at radius 2 is 2.07 bits per heavy atom. The second-order valence-electron chi connectivity index (χ2n) is 2.36. The quantitative estimate of drug-likeness (QED) is 0.789. The molecular formula is C7H5BrClFO3S. The molecule has 0 amide bonds. The first-order valence-corrected chi connectivity index (χ1v) is 5.89. The van der Waals surface area contributed by atoms with Gasteiger partial charge < -0.3 is 4.74 Å². The van der Waals surface area contributed by atoms with Crippen molar-refractivity contribution in [2.45, 2.75) is 4.90 Å². The zero-order chi connectivity index (χ0) is 10.9. The van der Waals surface area contributed by atoms with E-state index in [1.807, 2.05) is 0 Å². The van der Waals surface area contributed by atoms with E-state index in [9.17, 15) is 12.3 Å². The third kappa shape index (κ3) is 2.37. The van der Waals surface area contributed by atoms with Crippen LogP contribution in [0.2, 0.25) is 5.02 Å². The van der Waals surface area contributed by atoms with E-state index >= 15 is 0 Å². The molecule has 0 aliphatic heterocycles. The lowest BCUT2D eigenvalue weighted by Crippen LogP contribution is -1.97. The van der Waals surface area contributed by atoms with Crippen LogP contribution in [0.25, 0.3) is 0 Å². The molecule has 0 radical (unpaired) electrons. The molecule has 0 saturated heterocycles. The Kier molecular flexibility index (Phi) is 3.39. The fourth-order valence-corrected chi connectivity index (χ4v) is 2.05. The van der Waals surface area contributed by atoms with Crippen molar-refractivity contribution in [3.05, 3.63) is 21.6 Å². The van der Waals surface area contributed by atoms with Crippen molar-refractivity contribution in [3.8, 4) is 5.75 Å². The zero-order valence-electron chi connectivity index (χ0n) is 6.92. The van der Waals surface area contributed by atoms with Crippen LogP contribution >= 0.6 is 27.5 Å². The molecule has 14 heavy (non-hydrogen) atoms. The SMILES string of the molecule is COc1cc(Br)c(Cl)cc1S(=O)(=O)F. The maximum Gasteiger partial charge on any atom is 0.335 e. The summed E-state index contributed by atoms with van der Waals surface area (Å²) in [7, 11) is -3.57. The summed E-state index contributed by atoms with van der Waals surface area (Å²) in [6.45, 7) is 0. The van der Waals surface area contributed by atoms with E-state index in [0.717, 1.165) is 6.07 Å². The summed E-state index contributed by atoms with van der Waals surface area (Å²) in [5.74, 6) is -0.0937. The molecular weight excluding hydrogens is 298 g/mol. The van der Waals surface area contributed by atoms with Gasteiger partial charge in [0.25, 0.3) is 0 Å². The molecule has 1 aromatic carbocycles. The number of hydrogen-bond donors (Lipinski definition) is 0. The lowest BCUT2D eigenvalue weighted by atomic mass is 10.3. The third-order valence-electron chi connectivity index (χ3n) is 1.47. The Balaban J connectivity index is 3.51. The summed E-state index contributed by atoms with van der Waals surface area (Å²) in [6, 6.07) is 2.27. The van der Waals surface area contributed by atoms with Crippen molar-refractivity contribution in [1.29, 1.82) is 0 Å². The summed E-state index contributed by atoms with van der Waals surface area (Å²) < 4.78 is 39.1. The second-order valence-corrected chi connectivity index (χ2v) is 4.93. The van der Waals surface area contributed by atoms with Crippen LogP contribution in [0.3, 0.4) is 0 Å². The molecule has 7 heteroatoms. The maximum atomic E-state index is 12.7. The first kappa shape index (κ1) is 11.7. The fraction of sp³-hybridized carbons (Fsp3) is 0.143. The fourth-order valence-electron chi connectivity index (χ4n) is 0.860. The Bertz CT molecular complexity index is 460. The van der Waals surface area contributed by atoms with Gasteiger partial charge in [-0.3, -0.25) is 0 Å². The highest BCUT2D eigenvalue weighted by Gasteiger charge is 2.20. The van der Waals surface area contributed by atoms with Gasteiger partial charge in [-0.2, -0.15) is 8.42 Å². The van der Waals surface area contributed by atoms with E-state index in [1.165, 1.54) is 13.2 Å². The van der Waals surface area contributed by atoms with E-state index in [4.69, 9.17) is 16.3 Å². The van der Waals surface area contributed by atoms with Crippen LogP contribution in [0.15, 0.2) is 21.5 Å². The van der Waals surface area contributed by atoms with Gasteiger partial charge in [0.15, 0.2) is 0 Å². The minimum atomic E-state index is -4.82. The van der Waals surface area contributed by atoms with Crippen LogP contribution < -0.4 is 4.74 Å². The number of hydrogen-bond acceptors (Lipinski definition) is 3. The van der Waals surface area contributed by atoms with Crippen LogP contribution in [0.4, 0.5) is 3.89 Å². The Morgan fingerprint density at radius 1 is 1.50 bits per heavy atom. The zero-order valence-corrected chi connectivity index (χ0v) is 10.1. The van der Waals surface area contributed by atoms with Crippen molar-refractivity contribution in [2.24, 2.45) is 0 Å². The maximum absolute atomic E-state index is 12.7. The molecule has 0 aromatic heterocycles. The summed E-state index contributed by atoms with van der Waals surface area (Å²) in [4.78, 5) is -0.576. The van der Waals surface area contributed by atoms with Gasteiger partial charge in [-0.1, -0.05) is 11.6 Å². The molecule has 0 N–H and O–H groups in total. The molecule has 0 heterocycles. The third-order valence-corrected chi connectivity index (χ3v) is 3.51. The molecule has 0 aliphatic carbocycles. The largest absolute Gasteiger partial charge is 0.495 e. The second kappa shape index (κ2) is 4.04. The van der Waals surface area contributed by atoms with E-state index in [0.29, 0.717) is 4.47 Å². The van der Waals surface area contributed by atoms with Gasteiger partial charge in [0.2, 0.25) is 0 Å². The van der Waals surface area contributed by atoms with Crippen molar-refractivity contribution in [3.63, 3.8) is 0 Å². The number of ether oxygens (including phenoxy) is 1. The van der Waals surface area contributed by atoms with E-state index in [2.05, 4.69) is 15.9 Å². The first-order valence-electron chi connectivity index (χ1n) is 3.34.